The number of rotatable bonds is 7. The first-order chi connectivity index (χ1) is 12.0. The third-order valence-electron chi connectivity index (χ3n) is 3.94. The summed E-state index contributed by atoms with van der Waals surface area (Å²) < 4.78 is 12.8. The Morgan fingerprint density at radius 3 is 2.28 bits per heavy atom. The van der Waals surface area contributed by atoms with Gasteiger partial charge in [0.15, 0.2) is 0 Å². The van der Waals surface area contributed by atoms with Gasteiger partial charge in [-0.2, -0.15) is 0 Å². The van der Waals surface area contributed by atoms with Crippen LogP contribution in [0, 0.1) is 12.7 Å². The molecule has 0 aromatic heterocycles. The van der Waals surface area contributed by atoms with Crippen LogP contribution in [0.4, 0.5) is 10.1 Å². The summed E-state index contributed by atoms with van der Waals surface area (Å²) >= 11 is 0. The number of hydrogen-bond acceptors (Lipinski definition) is 2. The van der Waals surface area contributed by atoms with Gasteiger partial charge in [-0.05, 0) is 43.2 Å². The molecule has 5 heteroatoms. The predicted octanol–water partition coefficient (Wildman–Crippen LogP) is 3.24. The number of nitrogens with one attached hydrogen (secondary N) is 1. The fraction of sp³-hybridized carbons (Fsp3) is 0.300. The summed E-state index contributed by atoms with van der Waals surface area (Å²) in [5, 5.41) is 2.83. The molecule has 2 aromatic carbocycles. The summed E-state index contributed by atoms with van der Waals surface area (Å²) in [5.74, 6) is -0.475. The monoisotopic (exact) mass is 342 g/mol. The van der Waals surface area contributed by atoms with E-state index in [1.54, 1.807) is 17.0 Å². The molecule has 0 radical (unpaired) electrons. The molecule has 0 fully saturated rings. The molecule has 0 bridgehead atoms. The third-order valence-corrected chi connectivity index (χ3v) is 3.94. The summed E-state index contributed by atoms with van der Waals surface area (Å²) in [7, 11) is 0. The Bertz CT molecular complexity index is 711. The molecule has 4 nitrogen and oxygen atoms in total. The van der Waals surface area contributed by atoms with Crippen LogP contribution < -0.4 is 10.2 Å². The van der Waals surface area contributed by atoms with E-state index in [0.717, 1.165) is 16.8 Å². The molecule has 0 unspecified atom stereocenters. The van der Waals surface area contributed by atoms with Gasteiger partial charge in [-0.1, -0.05) is 29.8 Å². The molecule has 0 aliphatic rings. The van der Waals surface area contributed by atoms with Gasteiger partial charge in [-0.25, -0.2) is 4.39 Å². The van der Waals surface area contributed by atoms with E-state index in [1.165, 1.54) is 19.1 Å². The maximum Gasteiger partial charge on any atom is 0.223 e. The maximum atomic E-state index is 12.8. The topological polar surface area (TPSA) is 49.4 Å². The van der Waals surface area contributed by atoms with Crippen LogP contribution in [0.25, 0.3) is 0 Å². The van der Waals surface area contributed by atoms with Crippen LogP contribution in [-0.4, -0.2) is 24.9 Å². The molecular formula is C20H23FN2O2. The Morgan fingerprint density at radius 1 is 1.04 bits per heavy atom. The Hall–Kier alpha value is -2.69. The minimum Gasteiger partial charge on any atom is -0.356 e. The lowest BCUT2D eigenvalue weighted by Gasteiger charge is -2.21. The molecule has 0 aliphatic heterocycles. The number of aryl methyl sites for hydroxylation is 1. The fourth-order valence-electron chi connectivity index (χ4n) is 2.49. The van der Waals surface area contributed by atoms with Crippen molar-refractivity contribution in [1.82, 2.24) is 5.32 Å². The van der Waals surface area contributed by atoms with Gasteiger partial charge in [0.05, 0.1) is 0 Å². The number of benzene rings is 2. The first-order valence-electron chi connectivity index (χ1n) is 8.31. The van der Waals surface area contributed by atoms with Crippen LogP contribution >= 0.6 is 0 Å². The van der Waals surface area contributed by atoms with Crippen LogP contribution in [-0.2, 0) is 16.0 Å². The van der Waals surface area contributed by atoms with Crippen molar-refractivity contribution in [2.75, 3.05) is 18.0 Å². The maximum absolute atomic E-state index is 12.8. The van der Waals surface area contributed by atoms with Gasteiger partial charge in [0.25, 0.3) is 0 Å². The lowest BCUT2D eigenvalue weighted by molar-refractivity contribution is -0.121. The summed E-state index contributed by atoms with van der Waals surface area (Å²) in [6.45, 7) is 4.29. The highest BCUT2D eigenvalue weighted by molar-refractivity contribution is 5.92. The molecule has 0 aliphatic carbocycles. The van der Waals surface area contributed by atoms with E-state index in [9.17, 15) is 14.0 Å². The summed E-state index contributed by atoms with van der Waals surface area (Å²) in [6.07, 6.45) is 0.872. The van der Waals surface area contributed by atoms with Crippen molar-refractivity contribution in [3.8, 4) is 0 Å². The van der Waals surface area contributed by atoms with Crippen molar-refractivity contribution < 1.29 is 14.0 Å². The molecule has 2 aromatic rings. The van der Waals surface area contributed by atoms with E-state index in [4.69, 9.17) is 0 Å². The SMILES string of the molecule is CC(=O)N(CCC(=O)NCCc1ccc(F)cc1)c1ccc(C)cc1. The lowest BCUT2D eigenvalue weighted by atomic mass is 10.1. The first-order valence-corrected chi connectivity index (χ1v) is 8.31. The average Bonchev–Trinajstić information content (AvgIpc) is 2.58. The van der Waals surface area contributed by atoms with Crippen molar-refractivity contribution in [2.24, 2.45) is 0 Å². The zero-order chi connectivity index (χ0) is 18.2. The molecular weight excluding hydrogens is 319 g/mol. The number of carbonyl (C=O) groups is 2. The van der Waals surface area contributed by atoms with E-state index >= 15 is 0 Å². The predicted molar refractivity (Wildman–Crippen MR) is 96.9 cm³/mol. The second kappa shape index (κ2) is 8.97. The Labute approximate surface area is 147 Å². The molecule has 0 atom stereocenters. The average molecular weight is 342 g/mol. The van der Waals surface area contributed by atoms with Gasteiger partial charge in [-0.3, -0.25) is 9.59 Å². The highest BCUT2D eigenvalue weighted by Crippen LogP contribution is 2.15. The molecule has 2 amide bonds. The Balaban J connectivity index is 1.79. The highest BCUT2D eigenvalue weighted by Gasteiger charge is 2.13. The smallest absolute Gasteiger partial charge is 0.223 e. The van der Waals surface area contributed by atoms with Gasteiger partial charge in [-0.15, -0.1) is 0 Å². The largest absolute Gasteiger partial charge is 0.356 e. The number of carbonyl (C=O) groups excluding carboxylic acids is 2. The first kappa shape index (κ1) is 18.6. The second-order valence-corrected chi connectivity index (χ2v) is 5.98. The normalized spacial score (nSPS) is 10.4. The summed E-state index contributed by atoms with van der Waals surface area (Å²) in [5.41, 5.74) is 2.87. The van der Waals surface area contributed by atoms with Crippen LogP contribution in [0.1, 0.15) is 24.5 Å². The molecule has 0 saturated carbocycles. The minimum atomic E-state index is -0.270. The number of amides is 2. The fourth-order valence-corrected chi connectivity index (χ4v) is 2.49. The Kier molecular flexibility index (Phi) is 6.69. The number of halogens is 1. The summed E-state index contributed by atoms with van der Waals surface area (Å²) in [4.78, 5) is 25.4. The van der Waals surface area contributed by atoms with Gasteiger partial charge in [0.1, 0.15) is 5.82 Å². The van der Waals surface area contributed by atoms with E-state index in [2.05, 4.69) is 5.32 Å². The van der Waals surface area contributed by atoms with Gasteiger partial charge in [0, 0.05) is 32.1 Å². The minimum absolute atomic E-state index is 0.0945. The van der Waals surface area contributed by atoms with E-state index in [-0.39, 0.29) is 24.1 Å². The number of nitrogens with zero attached hydrogens (tertiary/aromatic N) is 1. The lowest BCUT2D eigenvalue weighted by Crippen LogP contribution is -2.34. The van der Waals surface area contributed by atoms with Crippen molar-refractivity contribution in [1.29, 1.82) is 0 Å². The standard InChI is InChI=1S/C20H23FN2O2/c1-15-3-9-19(10-4-15)23(16(2)24)14-12-20(25)22-13-11-17-5-7-18(21)8-6-17/h3-10H,11-14H2,1-2H3,(H,22,25). The van der Waals surface area contributed by atoms with Crippen molar-refractivity contribution in [3.05, 3.63) is 65.5 Å². The molecule has 2 rings (SSSR count). The molecule has 0 heterocycles. The summed E-state index contributed by atoms with van der Waals surface area (Å²) in [6, 6.07) is 13.9. The Morgan fingerprint density at radius 2 is 1.68 bits per heavy atom. The van der Waals surface area contributed by atoms with E-state index < -0.39 is 0 Å². The van der Waals surface area contributed by atoms with Crippen LogP contribution in [0.15, 0.2) is 48.5 Å². The zero-order valence-electron chi connectivity index (χ0n) is 14.6. The molecule has 1 N–H and O–H groups in total. The van der Waals surface area contributed by atoms with Crippen molar-refractivity contribution in [3.63, 3.8) is 0 Å². The van der Waals surface area contributed by atoms with E-state index in [0.29, 0.717) is 19.5 Å². The van der Waals surface area contributed by atoms with Crippen LogP contribution in [0.5, 0.6) is 0 Å². The van der Waals surface area contributed by atoms with Gasteiger partial charge < -0.3 is 10.2 Å². The van der Waals surface area contributed by atoms with Gasteiger partial charge in [0.2, 0.25) is 11.8 Å². The molecule has 25 heavy (non-hydrogen) atoms. The highest BCUT2D eigenvalue weighted by atomic mass is 19.1. The number of anilines is 1. The van der Waals surface area contributed by atoms with Crippen LogP contribution in [0.3, 0.4) is 0 Å². The number of hydrogen-bond donors (Lipinski definition) is 1. The van der Waals surface area contributed by atoms with Crippen molar-refractivity contribution >= 4 is 17.5 Å². The molecule has 0 spiro atoms. The van der Waals surface area contributed by atoms with Crippen molar-refractivity contribution in [2.45, 2.75) is 26.7 Å². The third kappa shape index (κ3) is 6.03. The van der Waals surface area contributed by atoms with E-state index in [1.807, 2.05) is 31.2 Å². The molecule has 0 saturated heterocycles. The quantitative estimate of drug-likeness (QED) is 0.840. The zero-order valence-corrected chi connectivity index (χ0v) is 14.6. The molecule has 132 valence electrons. The van der Waals surface area contributed by atoms with Crippen LogP contribution in [0.2, 0.25) is 0 Å². The van der Waals surface area contributed by atoms with Gasteiger partial charge >= 0.3 is 0 Å². The second-order valence-electron chi connectivity index (χ2n) is 5.98.